The van der Waals surface area contributed by atoms with Crippen molar-refractivity contribution in [3.8, 4) is 0 Å². The van der Waals surface area contributed by atoms with E-state index in [1.165, 1.54) is 28.7 Å². The molecule has 0 aliphatic heterocycles. The van der Waals surface area contributed by atoms with Gasteiger partial charge in [0.25, 0.3) is 0 Å². The summed E-state index contributed by atoms with van der Waals surface area (Å²) in [6.07, 6.45) is 7.12. The lowest BCUT2D eigenvalue weighted by atomic mass is 9.84. The van der Waals surface area contributed by atoms with E-state index in [0.29, 0.717) is 11.8 Å². The SMILES string of the molecule is S=C1[C@@H]2CC[C@H]1CC(=Cc1cc3ccccc3o1)C2. The van der Waals surface area contributed by atoms with Gasteiger partial charge in [-0.3, -0.25) is 0 Å². The van der Waals surface area contributed by atoms with Crippen LogP contribution in [0.15, 0.2) is 40.3 Å². The number of furan rings is 1. The van der Waals surface area contributed by atoms with E-state index in [4.69, 9.17) is 16.6 Å². The predicted molar refractivity (Wildman–Crippen MR) is 82.2 cm³/mol. The van der Waals surface area contributed by atoms with Crippen molar-refractivity contribution in [2.24, 2.45) is 11.8 Å². The Balaban J connectivity index is 1.67. The minimum atomic E-state index is 0.657. The smallest absolute Gasteiger partial charge is 0.134 e. The molecule has 2 saturated carbocycles. The first-order valence-electron chi connectivity index (χ1n) is 7.01. The van der Waals surface area contributed by atoms with Crippen molar-refractivity contribution in [3.63, 3.8) is 0 Å². The average molecular weight is 268 g/mol. The number of thiocarbonyl (C=S) groups is 1. The highest BCUT2D eigenvalue weighted by Gasteiger charge is 2.35. The fourth-order valence-electron chi connectivity index (χ4n) is 3.53. The number of allylic oxidation sites excluding steroid dienone is 1. The van der Waals surface area contributed by atoms with E-state index in [1.807, 2.05) is 18.2 Å². The number of hydrogen-bond acceptors (Lipinski definition) is 2. The molecule has 2 heteroatoms. The minimum absolute atomic E-state index is 0.657. The van der Waals surface area contributed by atoms with Gasteiger partial charge in [-0.05, 0) is 60.6 Å². The molecule has 0 N–H and O–H groups in total. The topological polar surface area (TPSA) is 13.1 Å². The van der Waals surface area contributed by atoms with Gasteiger partial charge in [-0.2, -0.15) is 0 Å². The van der Waals surface area contributed by atoms with Crippen LogP contribution in [0.25, 0.3) is 17.0 Å². The summed E-state index contributed by atoms with van der Waals surface area (Å²) in [6, 6.07) is 10.3. The van der Waals surface area contributed by atoms with Crippen LogP contribution in [0.5, 0.6) is 0 Å². The third kappa shape index (κ3) is 1.95. The maximum atomic E-state index is 5.88. The standard InChI is InChI=1S/C17H16OS/c19-17-13-5-6-14(17)8-11(7-13)9-15-10-12-3-1-2-4-16(12)18-15/h1-4,9-10,13-14H,5-8H2/t13-,14+. The van der Waals surface area contributed by atoms with Crippen molar-refractivity contribution in [2.45, 2.75) is 25.7 Å². The zero-order valence-electron chi connectivity index (χ0n) is 10.8. The van der Waals surface area contributed by atoms with Crippen molar-refractivity contribution >= 4 is 34.1 Å². The molecule has 1 aromatic carbocycles. The van der Waals surface area contributed by atoms with Crippen LogP contribution in [-0.4, -0.2) is 4.86 Å². The third-order valence-electron chi connectivity index (χ3n) is 4.48. The molecule has 19 heavy (non-hydrogen) atoms. The molecule has 0 saturated heterocycles. The largest absolute Gasteiger partial charge is 0.457 e. The van der Waals surface area contributed by atoms with Gasteiger partial charge < -0.3 is 4.42 Å². The Hall–Kier alpha value is -1.41. The first-order valence-corrected chi connectivity index (χ1v) is 7.42. The summed E-state index contributed by atoms with van der Waals surface area (Å²) in [6.45, 7) is 0. The van der Waals surface area contributed by atoms with Crippen molar-refractivity contribution in [2.75, 3.05) is 0 Å². The maximum absolute atomic E-state index is 5.88. The Bertz CT molecular complexity index is 628. The van der Waals surface area contributed by atoms with Gasteiger partial charge >= 0.3 is 0 Å². The summed E-state index contributed by atoms with van der Waals surface area (Å²) >= 11 is 5.53. The summed E-state index contributed by atoms with van der Waals surface area (Å²) in [7, 11) is 0. The summed E-state index contributed by atoms with van der Waals surface area (Å²) in [4.78, 5) is 1.33. The molecule has 0 radical (unpaired) electrons. The minimum Gasteiger partial charge on any atom is -0.457 e. The van der Waals surface area contributed by atoms with Crippen LogP contribution in [0, 0.1) is 11.8 Å². The fraction of sp³-hybridized carbons (Fsp3) is 0.353. The molecule has 2 fully saturated rings. The Kier molecular flexibility index (Phi) is 2.59. The number of fused-ring (bicyclic) bond motifs is 3. The van der Waals surface area contributed by atoms with Crippen LogP contribution >= 0.6 is 12.2 Å². The molecule has 1 heterocycles. The molecule has 2 aromatic rings. The molecule has 1 aromatic heterocycles. The van der Waals surface area contributed by atoms with Crippen molar-refractivity contribution < 1.29 is 4.42 Å². The van der Waals surface area contributed by atoms with Crippen molar-refractivity contribution in [1.82, 2.24) is 0 Å². The zero-order valence-corrected chi connectivity index (χ0v) is 11.6. The van der Waals surface area contributed by atoms with Crippen LogP contribution in [0.2, 0.25) is 0 Å². The van der Waals surface area contributed by atoms with Gasteiger partial charge in [0, 0.05) is 5.39 Å². The van der Waals surface area contributed by atoms with Crippen LogP contribution in [0.4, 0.5) is 0 Å². The Labute approximate surface area is 118 Å². The lowest BCUT2D eigenvalue weighted by Gasteiger charge is -2.22. The molecule has 0 amide bonds. The monoisotopic (exact) mass is 268 g/mol. The Morgan fingerprint density at radius 3 is 2.58 bits per heavy atom. The van der Waals surface area contributed by atoms with E-state index in [2.05, 4.69) is 18.2 Å². The molecule has 96 valence electrons. The first kappa shape index (κ1) is 11.4. The summed E-state index contributed by atoms with van der Waals surface area (Å²) in [5.41, 5.74) is 2.49. The highest BCUT2D eigenvalue weighted by Crippen LogP contribution is 2.43. The van der Waals surface area contributed by atoms with Gasteiger partial charge in [-0.1, -0.05) is 36.0 Å². The Morgan fingerprint density at radius 1 is 1.11 bits per heavy atom. The average Bonchev–Trinajstić information content (AvgIpc) is 2.87. The molecule has 0 spiro atoms. The van der Waals surface area contributed by atoms with Gasteiger partial charge in [0.05, 0.1) is 0 Å². The van der Waals surface area contributed by atoms with Gasteiger partial charge in [0.15, 0.2) is 0 Å². The van der Waals surface area contributed by atoms with E-state index in [-0.39, 0.29) is 0 Å². The van der Waals surface area contributed by atoms with Gasteiger partial charge in [-0.25, -0.2) is 0 Å². The molecule has 0 unspecified atom stereocenters. The number of rotatable bonds is 1. The van der Waals surface area contributed by atoms with Gasteiger partial charge in [0.2, 0.25) is 0 Å². The number of benzene rings is 1. The molecular formula is C17H16OS. The summed E-state index contributed by atoms with van der Waals surface area (Å²) in [5.74, 6) is 2.30. The first-order chi connectivity index (χ1) is 9.29. The van der Waals surface area contributed by atoms with E-state index < -0.39 is 0 Å². The third-order valence-corrected chi connectivity index (χ3v) is 5.14. The second kappa shape index (κ2) is 4.31. The quantitative estimate of drug-likeness (QED) is 0.675. The Morgan fingerprint density at radius 2 is 1.84 bits per heavy atom. The predicted octanol–water partition coefficient (Wildman–Crippen LogP) is 5.01. The highest BCUT2D eigenvalue weighted by atomic mass is 32.1. The van der Waals surface area contributed by atoms with Gasteiger partial charge in [0.1, 0.15) is 11.3 Å². The highest BCUT2D eigenvalue weighted by molar-refractivity contribution is 7.80. The van der Waals surface area contributed by atoms with Crippen LogP contribution in [0.3, 0.4) is 0 Å². The van der Waals surface area contributed by atoms with E-state index in [9.17, 15) is 0 Å². The van der Waals surface area contributed by atoms with Crippen LogP contribution < -0.4 is 0 Å². The van der Waals surface area contributed by atoms with Crippen molar-refractivity contribution in [3.05, 3.63) is 41.7 Å². The second-order valence-electron chi connectivity index (χ2n) is 5.77. The van der Waals surface area contributed by atoms with Crippen LogP contribution in [0.1, 0.15) is 31.4 Å². The zero-order chi connectivity index (χ0) is 12.8. The number of hydrogen-bond donors (Lipinski definition) is 0. The van der Waals surface area contributed by atoms with Crippen molar-refractivity contribution in [1.29, 1.82) is 0 Å². The fourth-order valence-corrected chi connectivity index (χ4v) is 3.94. The number of para-hydroxylation sites is 1. The van der Waals surface area contributed by atoms with Gasteiger partial charge in [-0.15, -0.1) is 0 Å². The molecule has 2 aliphatic rings. The molecule has 2 bridgehead atoms. The van der Waals surface area contributed by atoms with E-state index >= 15 is 0 Å². The lowest BCUT2D eigenvalue weighted by molar-refractivity contribution is 0.600. The maximum Gasteiger partial charge on any atom is 0.134 e. The molecule has 4 rings (SSSR count). The molecule has 2 aliphatic carbocycles. The van der Waals surface area contributed by atoms with E-state index in [1.54, 1.807) is 0 Å². The van der Waals surface area contributed by atoms with Crippen LogP contribution in [-0.2, 0) is 0 Å². The molecular weight excluding hydrogens is 252 g/mol. The van der Waals surface area contributed by atoms with E-state index in [0.717, 1.165) is 24.2 Å². The summed E-state index contributed by atoms with van der Waals surface area (Å²) in [5, 5.41) is 1.18. The second-order valence-corrected chi connectivity index (χ2v) is 6.24. The molecule has 1 nitrogen and oxygen atoms in total. The lowest BCUT2D eigenvalue weighted by Crippen LogP contribution is -2.19. The normalized spacial score (nSPS) is 28.4. The molecule has 2 atom stereocenters. The summed E-state index contributed by atoms with van der Waals surface area (Å²) < 4.78 is 5.88.